The molecule has 0 saturated carbocycles. The highest BCUT2D eigenvalue weighted by atomic mass is 79.9. The molecule has 0 N–H and O–H groups in total. The predicted octanol–water partition coefficient (Wildman–Crippen LogP) is 0.887. The number of nitrogens with zero attached hydrogens (tertiary/aromatic N) is 3. The van der Waals surface area contributed by atoms with Crippen molar-refractivity contribution in [1.29, 1.82) is 0 Å². The molecule has 1 aromatic heterocycles. The maximum Gasteiger partial charge on any atom is 0.274 e. The summed E-state index contributed by atoms with van der Waals surface area (Å²) in [7, 11) is 1.81. The van der Waals surface area contributed by atoms with Gasteiger partial charge in [0.1, 0.15) is 5.69 Å². The summed E-state index contributed by atoms with van der Waals surface area (Å²) in [5, 5.41) is 5.05. The van der Waals surface area contributed by atoms with Crippen molar-refractivity contribution in [3.63, 3.8) is 0 Å². The topological polar surface area (TPSA) is 38.1 Å². The van der Waals surface area contributed by atoms with Gasteiger partial charge >= 0.3 is 0 Å². The Morgan fingerprint density at radius 2 is 2.43 bits per heavy atom. The Hall–Kier alpha value is -0.840. The molecule has 0 spiro atoms. The average Bonchev–Trinajstić information content (AvgIpc) is 2.49. The SMILES string of the molecule is Cn1ccc(C(=O)N2CC(CBr)C2)n1. The Morgan fingerprint density at radius 3 is 2.93 bits per heavy atom. The van der Waals surface area contributed by atoms with Gasteiger partial charge in [0.2, 0.25) is 0 Å². The lowest BCUT2D eigenvalue weighted by molar-refractivity contribution is 0.0532. The first kappa shape index (κ1) is 9.71. The lowest BCUT2D eigenvalue weighted by Gasteiger charge is -2.37. The van der Waals surface area contributed by atoms with E-state index < -0.39 is 0 Å². The largest absolute Gasteiger partial charge is 0.337 e. The maximum atomic E-state index is 11.7. The first-order chi connectivity index (χ1) is 6.70. The number of carbonyl (C=O) groups excluding carboxylic acids is 1. The van der Waals surface area contributed by atoms with Crippen LogP contribution in [0.1, 0.15) is 10.5 Å². The van der Waals surface area contributed by atoms with Gasteiger partial charge in [0.05, 0.1) is 0 Å². The fourth-order valence-corrected chi connectivity index (χ4v) is 1.93. The number of aryl methyl sites for hydroxylation is 1. The molecule has 76 valence electrons. The number of rotatable bonds is 2. The highest BCUT2D eigenvalue weighted by Crippen LogP contribution is 2.19. The summed E-state index contributed by atoms with van der Waals surface area (Å²) in [5.74, 6) is 0.658. The molecule has 0 bridgehead atoms. The lowest BCUT2D eigenvalue weighted by atomic mass is 10.0. The Bertz CT molecular complexity index is 344. The number of aromatic nitrogens is 2. The van der Waals surface area contributed by atoms with E-state index in [1.165, 1.54) is 0 Å². The lowest BCUT2D eigenvalue weighted by Crippen LogP contribution is -2.50. The molecule has 0 atom stereocenters. The molecule has 5 heteroatoms. The standard InChI is InChI=1S/C9H12BrN3O/c1-12-3-2-8(11-12)9(14)13-5-7(4-10)6-13/h2-3,7H,4-6H2,1H3. The number of hydrogen-bond donors (Lipinski definition) is 0. The molecule has 1 aliphatic heterocycles. The van der Waals surface area contributed by atoms with Crippen LogP contribution in [0, 0.1) is 5.92 Å². The van der Waals surface area contributed by atoms with E-state index in [-0.39, 0.29) is 5.91 Å². The minimum Gasteiger partial charge on any atom is -0.337 e. The molecule has 1 saturated heterocycles. The van der Waals surface area contributed by atoms with Crippen LogP contribution in [-0.2, 0) is 7.05 Å². The van der Waals surface area contributed by atoms with Gasteiger partial charge < -0.3 is 4.90 Å². The van der Waals surface area contributed by atoms with Crippen molar-refractivity contribution in [2.45, 2.75) is 0 Å². The van der Waals surface area contributed by atoms with Crippen molar-refractivity contribution in [1.82, 2.24) is 14.7 Å². The van der Waals surface area contributed by atoms with Gasteiger partial charge in [-0.3, -0.25) is 9.48 Å². The van der Waals surface area contributed by atoms with Crippen LogP contribution < -0.4 is 0 Å². The third-order valence-electron chi connectivity index (χ3n) is 2.40. The zero-order chi connectivity index (χ0) is 10.1. The van der Waals surface area contributed by atoms with Gasteiger partial charge in [0, 0.05) is 37.6 Å². The van der Waals surface area contributed by atoms with Gasteiger partial charge in [0.15, 0.2) is 0 Å². The summed E-state index contributed by atoms with van der Waals surface area (Å²) in [6.07, 6.45) is 1.79. The molecule has 0 unspecified atom stereocenters. The van der Waals surface area contributed by atoms with E-state index in [4.69, 9.17) is 0 Å². The van der Waals surface area contributed by atoms with Crippen LogP contribution in [0.25, 0.3) is 0 Å². The second-order valence-corrected chi connectivity index (χ2v) is 4.25. The van der Waals surface area contributed by atoms with E-state index >= 15 is 0 Å². The van der Waals surface area contributed by atoms with Gasteiger partial charge in [-0.05, 0) is 6.07 Å². The van der Waals surface area contributed by atoms with Crippen molar-refractivity contribution in [3.05, 3.63) is 18.0 Å². The molecule has 1 aromatic rings. The van der Waals surface area contributed by atoms with Crippen molar-refractivity contribution in [3.8, 4) is 0 Å². The number of carbonyl (C=O) groups is 1. The van der Waals surface area contributed by atoms with Crippen LogP contribution in [-0.4, -0.2) is 39.0 Å². The highest BCUT2D eigenvalue weighted by molar-refractivity contribution is 9.09. The zero-order valence-corrected chi connectivity index (χ0v) is 9.57. The normalized spacial score (nSPS) is 16.9. The second kappa shape index (κ2) is 3.73. The number of amides is 1. The van der Waals surface area contributed by atoms with Gasteiger partial charge in [0.25, 0.3) is 5.91 Å². The van der Waals surface area contributed by atoms with Gasteiger partial charge in [-0.25, -0.2) is 0 Å². The van der Waals surface area contributed by atoms with Gasteiger partial charge in [-0.1, -0.05) is 15.9 Å². The summed E-state index contributed by atoms with van der Waals surface area (Å²) in [6.45, 7) is 1.70. The molecule has 1 amide bonds. The molecule has 1 fully saturated rings. The number of alkyl halides is 1. The van der Waals surface area contributed by atoms with E-state index in [0.29, 0.717) is 11.6 Å². The molecule has 0 aliphatic carbocycles. The smallest absolute Gasteiger partial charge is 0.274 e. The van der Waals surface area contributed by atoms with Crippen molar-refractivity contribution in [2.75, 3.05) is 18.4 Å². The van der Waals surface area contributed by atoms with Crippen molar-refractivity contribution >= 4 is 21.8 Å². The van der Waals surface area contributed by atoms with Crippen LogP contribution >= 0.6 is 15.9 Å². The van der Waals surface area contributed by atoms with E-state index in [9.17, 15) is 4.79 Å². The fraction of sp³-hybridized carbons (Fsp3) is 0.556. The third-order valence-corrected chi connectivity index (χ3v) is 3.31. The van der Waals surface area contributed by atoms with E-state index in [0.717, 1.165) is 18.4 Å². The fourth-order valence-electron chi connectivity index (χ4n) is 1.52. The van der Waals surface area contributed by atoms with Crippen molar-refractivity contribution in [2.24, 2.45) is 13.0 Å². The molecule has 0 radical (unpaired) electrons. The number of hydrogen-bond acceptors (Lipinski definition) is 2. The molecule has 1 aliphatic rings. The molecule has 0 aromatic carbocycles. The monoisotopic (exact) mass is 257 g/mol. The van der Waals surface area contributed by atoms with E-state index in [1.807, 2.05) is 11.9 Å². The first-order valence-corrected chi connectivity index (χ1v) is 5.67. The summed E-state index contributed by atoms with van der Waals surface area (Å²) in [4.78, 5) is 13.6. The van der Waals surface area contributed by atoms with Crippen LogP contribution in [0.5, 0.6) is 0 Å². The quantitative estimate of drug-likeness (QED) is 0.739. The maximum absolute atomic E-state index is 11.7. The predicted molar refractivity (Wildman–Crippen MR) is 56.4 cm³/mol. The van der Waals surface area contributed by atoms with Crippen LogP contribution in [0.2, 0.25) is 0 Å². The minimum atomic E-state index is 0.0443. The Balaban J connectivity index is 1.97. The first-order valence-electron chi connectivity index (χ1n) is 4.55. The zero-order valence-electron chi connectivity index (χ0n) is 7.98. The molecule has 2 rings (SSSR count). The molecular formula is C9H12BrN3O. The van der Waals surface area contributed by atoms with E-state index in [2.05, 4.69) is 21.0 Å². The Labute approximate surface area is 91.0 Å². The summed E-state index contributed by atoms with van der Waals surface area (Å²) in [6, 6.07) is 1.75. The minimum absolute atomic E-state index is 0.0443. The summed E-state index contributed by atoms with van der Waals surface area (Å²) in [5.41, 5.74) is 0.542. The van der Waals surface area contributed by atoms with Gasteiger partial charge in [-0.2, -0.15) is 5.10 Å². The Morgan fingerprint density at radius 1 is 1.71 bits per heavy atom. The second-order valence-electron chi connectivity index (χ2n) is 3.61. The van der Waals surface area contributed by atoms with Crippen LogP contribution in [0.4, 0.5) is 0 Å². The summed E-state index contributed by atoms with van der Waals surface area (Å²) >= 11 is 3.41. The number of likely N-dealkylation sites (tertiary alicyclic amines) is 1. The molecule has 2 heterocycles. The van der Waals surface area contributed by atoms with Crippen LogP contribution in [0.3, 0.4) is 0 Å². The average molecular weight is 258 g/mol. The van der Waals surface area contributed by atoms with Gasteiger partial charge in [-0.15, -0.1) is 0 Å². The third kappa shape index (κ3) is 1.68. The Kier molecular flexibility index (Phi) is 2.58. The molecule has 14 heavy (non-hydrogen) atoms. The van der Waals surface area contributed by atoms with Crippen molar-refractivity contribution < 1.29 is 4.79 Å². The van der Waals surface area contributed by atoms with E-state index in [1.54, 1.807) is 16.9 Å². The number of halogens is 1. The van der Waals surface area contributed by atoms with Crippen LogP contribution in [0.15, 0.2) is 12.3 Å². The highest BCUT2D eigenvalue weighted by Gasteiger charge is 2.31. The molecule has 4 nitrogen and oxygen atoms in total. The molecular weight excluding hydrogens is 246 g/mol. The summed E-state index contributed by atoms with van der Waals surface area (Å²) < 4.78 is 1.65.